The quantitative estimate of drug-likeness (QED) is 0.886. The van der Waals surface area contributed by atoms with Gasteiger partial charge in [-0.25, -0.2) is 4.98 Å². The minimum Gasteiger partial charge on any atom is -0.367 e. The highest BCUT2D eigenvalue weighted by Gasteiger charge is 2.10. The lowest BCUT2D eigenvalue weighted by Crippen LogP contribution is -2.21. The van der Waals surface area contributed by atoms with Crippen molar-refractivity contribution in [3.63, 3.8) is 0 Å². The third-order valence-electron chi connectivity index (χ3n) is 2.03. The monoisotopic (exact) mass is 293 g/mol. The van der Waals surface area contributed by atoms with Crippen LogP contribution < -0.4 is 10.7 Å². The third-order valence-corrected chi connectivity index (χ3v) is 2.53. The minimum atomic E-state index is -0.488. The highest BCUT2D eigenvalue weighted by molar-refractivity contribution is 9.10. The van der Waals surface area contributed by atoms with E-state index in [2.05, 4.69) is 31.2 Å². The Hall–Kier alpha value is -1.95. The molecule has 0 fully saturated rings. The van der Waals surface area contributed by atoms with Gasteiger partial charge >= 0.3 is 0 Å². The summed E-state index contributed by atoms with van der Waals surface area (Å²) >= 11 is 3.26. The van der Waals surface area contributed by atoms with E-state index in [0.29, 0.717) is 5.82 Å². The number of carbonyl (C=O) groups excluding carboxylic acids is 1. The van der Waals surface area contributed by atoms with Gasteiger partial charge in [-0.1, -0.05) is 15.9 Å². The molecule has 6 heteroatoms. The van der Waals surface area contributed by atoms with Crippen LogP contribution in [0.1, 0.15) is 10.4 Å². The maximum atomic E-state index is 11.8. The maximum Gasteiger partial charge on any atom is 0.262 e. The molecule has 0 spiro atoms. The van der Waals surface area contributed by atoms with Crippen LogP contribution in [0.4, 0.5) is 5.82 Å². The standard InChI is InChI=1S/C11H8BrN3O2/c12-7-1-4-14-10(5-7)15-11(17)8-6-13-3-2-9(8)16/h1-6H,(H,13,16)(H,14,15,17). The largest absolute Gasteiger partial charge is 0.367 e. The van der Waals surface area contributed by atoms with Gasteiger partial charge in [0.25, 0.3) is 5.91 Å². The van der Waals surface area contributed by atoms with E-state index < -0.39 is 5.91 Å². The Kier molecular flexibility index (Phi) is 3.34. The number of aromatic amines is 1. The molecule has 0 saturated heterocycles. The van der Waals surface area contributed by atoms with Crippen molar-refractivity contribution in [3.05, 3.63) is 57.0 Å². The zero-order valence-electron chi connectivity index (χ0n) is 8.61. The number of pyridine rings is 2. The smallest absolute Gasteiger partial charge is 0.262 e. The lowest BCUT2D eigenvalue weighted by molar-refractivity contribution is 0.102. The molecule has 5 nitrogen and oxygen atoms in total. The molecule has 17 heavy (non-hydrogen) atoms. The van der Waals surface area contributed by atoms with Crippen LogP contribution in [0.5, 0.6) is 0 Å². The third kappa shape index (κ3) is 2.79. The van der Waals surface area contributed by atoms with Crippen molar-refractivity contribution < 1.29 is 4.79 Å². The van der Waals surface area contributed by atoms with E-state index in [1.54, 1.807) is 18.3 Å². The van der Waals surface area contributed by atoms with Crippen molar-refractivity contribution in [1.29, 1.82) is 0 Å². The van der Waals surface area contributed by atoms with Crippen LogP contribution in [0.15, 0.2) is 46.1 Å². The van der Waals surface area contributed by atoms with Crippen molar-refractivity contribution in [2.45, 2.75) is 0 Å². The fourth-order valence-corrected chi connectivity index (χ4v) is 1.59. The predicted octanol–water partition coefficient (Wildman–Crippen LogP) is 1.78. The van der Waals surface area contributed by atoms with Gasteiger partial charge in [0.2, 0.25) is 0 Å². The fraction of sp³-hybridized carbons (Fsp3) is 0. The Balaban J connectivity index is 2.23. The van der Waals surface area contributed by atoms with Crippen molar-refractivity contribution in [1.82, 2.24) is 9.97 Å². The second kappa shape index (κ2) is 4.92. The zero-order chi connectivity index (χ0) is 12.3. The molecule has 1 amide bonds. The first kappa shape index (κ1) is 11.5. The van der Waals surface area contributed by atoms with E-state index in [1.165, 1.54) is 18.5 Å². The van der Waals surface area contributed by atoms with Crippen LogP contribution in [-0.2, 0) is 0 Å². The number of H-pyrrole nitrogens is 1. The summed E-state index contributed by atoms with van der Waals surface area (Å²) in [6.07, 6.45) is 4.38. The van der Waals surface area contributed by atoms with E-state index in [4.69, 9.17) is 0 Å². The topological polar surface area (TPSA) is 74.8 Å². The number of aromatic nitrogens is 2. The van der Waals surface area contributed by atoms with Crippen LogP contribution in [0.2, 0.25) is 0 Å². The molecule has 0 saturated carbocycles. The van der Waals surface area contributed by atoms with Gasteiger partial charge in [-0.2, -0.15) is 0 Å². The molecular weight excluding hydrogens is 286 g/mol. The molecule has 2 rings (SSSR count). The van der Waals surface area contributed by atoms with Crippen LogP contribution in [0, 0.1) is 0 Å². The molecule has 0 bridgehead atoms. The van der Waals surface area contributed by atoms with Gasteiger partial charge in [0.1, 0.15) is 11.4 Å². The van der Waals surface area contributed by atoms with Gasteiger partial charge in [-0.15, -0.1) is 0 Å². The molecule has 2 N–H and O–H groups in total. The van der Waals surface area contributed by atoms with E-state index in [-0.39, 0.29) is 11.0 Å². The molecule has 0 unspecified atom stereocenters. The summed E-state index contributed by atoms with van der Waals surface area (Å²) in [5.74, 6) is -0.106. The van der Waals surface area contributed by atoms with Gasteiger partial charge in [0.15, 0.2) is 5.43 Å². The van der Waals surface area contributed by atoms with E-state index in [1.807, 2.05) is 0 Å². The molecule has 2 heterocycles. The maximum absolute atomic E-state index is 11.8. The molecule has 86 valence electrons. The molecular formula is C11H8BrN3O2. The number of nitrogens with one attached hydrogen (secondary N) is 2. The number of carbonyl (C=O) groups is 1. The summed E-state index contributed by atoms with van der Waals surface area (Å²) in [6, 6.07) is 4.68. The Morgan fingerprint density at radius 2 is 2.24 bits per heavy atom. The van der Waals surface area contributed by atoms with Gasteiger partial charge in [-0.05, 0) is 12.1 Å². The summed E-state index contributed by atoms with van der Waals surface area (Å²) in [7, 11) is 0. The Labute approximate surface area is 105 Å². The Morgan fingerprint density at radius 1 is 1.41 bits per heavy atom. The van der Waals surface area contributed by atoms with Crippen molar-refractivity contribution in [2.24, 2.45) is 0 Å². The summed E-state index contributed by atoms with van der Waals surface area (Å²) in [4.78, 5) is 29.8. The molecule has 0 aromatic carbocycles. The number of hydrogen-bond donors (Lipinski definition) is 2. The minimum absolute atomic E-state index is 0.0503. The summed E-state index contributed by atoms with van der Waals surface area (Å²) in [5.41, 5.74) is -0.287. The van der Waals surface area contributed by atoms with E-state index in [0.717, 1.165) is 4.47 Å². The number of rotatable bonds is 2. The normalized spacial score (nSPS) is 9.94. The van der Waals surface area contributed by atoms with Gasteiger partial charge in [0, 0.05) is 29.1 Å². The van der Waals surface area contributed by atoms with Crippen LogP contribution in [0.25, 0.3) is 0 Å². The first-order chi connectivity index (χ1) is 8.16. The van der Waals surface area contributed by atoms with E-state index in [9.17, 15) is 9.59 Å². The zero-order valence-corrected chi connectivity index (χ0v) is 10.2. The van der Waals surface area contributed by atoms with Crippen molar-refractivity contribution in [3.8, 4) is 0 Å². The summed E-state index contributed by atoms with van der Waals surface area (Å²) in [5, 5.41) is 2.54. The van der Waals surface area contributed by atoms with E-state index >= 15 is 0 Å². The summed E-state index contributed by atoms with van der Waals surface area (Å²) in [6.45, 7) is 0. The van der Waals surface area contributed by atoms with Crippen molar-refractivity contribution in [2.75, 3.05) is 5.32 Å². The number of halogens is 1. The van der Waals surface area contributed by atoms with Gasteiger partial charge in [-0.3, -0.25) is 9.59 Å². The lowest BCUT2D eigenvalue weighted by atomic mass is 10.2. The molecule has 0 aliphatic rings. The van der Waals surface area contributed by atoms with Crippen molar-refractivity contribution >= 4 is 27.7 Å². The number of amides is 1. The second-order valence-electron chi connectivity index (χ2n) is 3.24. The number of hydrogen-bond acceptors (Lipinski definition) is 3. The van der Waals surface area contributed by atoms with Crippen LogP contribution in [0.3, 0.4) is 0 Å². The second-order valence-corrected chi connectivity index (χ2v) is 4.15. The average Bonchev–Trinajstić information content (AvgIpc) is 2.29. The Bertz CT molecular complexity index is 609. The average molecular weight is 294 g/mol. The molecule has 2 aromatic heterocycles. The summed E-state index contributed by atoms with van der Waals surface area (Å²) < 4.78 is 0.796. The highest BCUT2D eigenvalue weighted by Crippen LogP contribution is 2.12. The van der Waals surface area contributed by atoms with Gasteiger partial charge < -0.3 is 10.3 Å². The lowest BCUT2D eigenvalue weighted by Gasteiger charge is -2.03. The highest BCUT2D eigenvalue weighted by atomic mass is 79.9. The van der Waals surface area contributed by atoms with Gasteiger partial charge in [0.05, 0.1) is 0 Å². The molecule has 0 atom stereocenters. The van der Waals surface area contributed by atoms with Crippen LogP contribution in [-0.4, -0.2) is 15.9 Å². The molecule has 0 aliphatic carbocycles. The molecule has 0 aliphatic heterocycles. The number of anilines is 1. The molecule has 0 radical (unpaired) electrons. The first-order valence-electron chi connectivity index (χ1n) is 4.77. The van der Waals surface area contributed by atoms with Crippen LogP contribution >= 0.6 is 15.9 Å². The SMILES string of the molecule is O=C(Nc1cc(Br)ccn1)c1c[nH]ccc1=O. The Morgan fingerprint density at radius 3 is 2.94 bits per heavy atom. The molecule has 2 aromatic rings. The fourth-order valence-electron chi connectivity index (χ4n) is 1.25. The first-order valence-corrected chi connectivity index (χ1v) is 5.56. The number of nitrogens with zero attached hydrogens (tertiary/aromatic N) is 1. The predicted molar refractivity (Wildman–Crippen MR) is 67.0 cm³/mol.